The Morgan fingerprint density at radius 2 is 1.81 bits per heavy atom. The third-order valence-corrected chi connectivity index (χ3v) is 5.97. The van der Waals surface area contributed by atoms with Gasteiger partial charge in [0.25, 0.3) is 0 Å². The van der Waals surface area contributed by atoms with Gasteiger partial charge in [0, 0.05) is 6.54 Å². The number of nitrogens with zero attached hydrogens (tertiary/aromatic N) is 1. The average molecular weight is 242 g/mol. The Balaban J connectivity index is 1.86. The van der Waals surface area contributed by atoms with E-state index < -0.39 is 5.60 Å². The first-order valence-corrected chi connectivity index (χ1v) is 7.61. The van der Waals surface area contributed by atoms with E-state index in [0.29, 0.717) is 5.92 Å². The van der Waals surface area contributed by atoms with E-state index in [-0.39, 0.29) is 5.54 Å². The van der Waals surface area contributed by atoms with Crippen molar-refractivity contribution >= 4 is 11.8 Å². The van der Waals surface area contributed by atoms with Crippen molar-refractivity contribution in [1.29, 1.82) is 0 Å². The van der Waals surface area contributed by atoms with Crippen molar-refractivity contribution in [3.8, 4) is 0 Å². The summed E-state index contributed by atoms with van der Waals surface area (Å²) in [6.45, 7) is 3.29. The molecule has 4 aliphatic heterocycles. The normalized spacial score (nSPS) is 46.9. The summed E-state index contributed by atoms with van der Waals surface area (Å²) in [4.78, 5) is 2.44. The van der Waals surface area contributed by atoms with Crippen LogP contribution in [0.1, 0.15) is 25.7 Å². The fourth-order valence-electron chi connectivity index (χ4n) is 3.81. The number of hydrogen-bond donors (Lipinski definition) is 2. The Morgan fingerprint density at radius 1 is 1.19 bits per heavy atom. The minimum Gasteiger partial charge on any atom is -0.388 e. The standard InChI is InChI=1S/C12H22N2OS/c13-12(11(15)3-7-16-8-4-11)9-14-5-1-10(12)2-6-14/h10,15H,1-9,13H2. The van der Waals surface area contributed by atoms with Crippen molar-refractivity contribution in [3.63, 3.8) is 0 Å². The summed E-state index contributed by atoms with van der Waals surface area (Å²) in [6, 6.07) is 0. The molecule has 16 heavy (non-hydrogen) atoms. The Labute approximate surface area is 102 Å². The van der Waals surface area contributed by atoms with Gasteiger partial charge in [-0.1, -0.05) is 0 Å². The van der Waals surface area contributed by atoms with Crippen LogP contribution >= 0.6 is 11.8 Å². The number of nitrogens with two attached hydrogens (primary N) is 1. The summed E-state index contributed by atoms with van der Waals surface area (Å²) in [5.41, 5.74) is 5.73. The summed E-state index contributed by atoms with van der Waals surface area (Å²) in [7, 11) is 0. The zero-order valence-corrected chi connectivity index (χ0v) is 10.6. The van der Waals surface area contributed by atoms with Gasteiger partial charge in [-0.2, -0.15) is 11.8 Å². The molecular formula is C12H22N2OS. The molecule has 0 saturated carbocycles. The van der Waals surface area contributed by atoms with Crippen molar-refractivity contribution in [3.05, 3.63) is 0 Å². The first-order valence-electron chi connectivity index (χ1n) is 6.45. The molecule has 0 aliphatic carbocycles. The van der Waals surface area contributed by atoms with Crippen molar-refractivity contribution in [2.75, 3.05) is 31.1 Å². The predicted octanol–water partition coefficient (Wildman–Crippen LogP) is 0.668. The Kier molecular flexibility index (Phi) is 2.74. The largest absolute Gasteiger partial charge is 0.388 e. The van der Waals surface area contributed by atoms with Gasteiger partial charge in [-0.3, -0.25) is 0 Å². The van der Waals surface area contributed by atoms with Crippen LogP contribution in [0.2, 0.25) is 0 Å². The lowest BCUT2D eigenvalue weighted by Gasteiger charge is -2.59. The maximum absolute atomic E-state index is 10.9. The summed E-state index contributed by atoms with van der Waals surface area (Å²) in [5, 5.41) is 10.9. The molecule has 4 aliphatic rings. The van der Waals surface area contributed by atoms with Crippen LogP contribution in [-0.4, -0.2) is 52.3 Å². The van der Waals surface area contributed by atoms with E-state index >= 15 is 0 Å². The van der Waals surface area contributed by atoms with Gasteiger partial charge >= 0.3 is 0 Å². The highest BCUT2D eigenvalue weighted by molar-refractivity contribution is 7.99. The van der Waals surface area contributed by atoms with Crippen molar-refractivity contribution in [2.24, 2.45) is 11.7 Å². The predicted molar refractivity (Wildman–Crippen MR) is 67.6 cm³/mol. The first kappa shape index (κ1) is 11.3. The lowest BCUT2D eigenvalue weighted by Crippen LogP contribution is -2.75. The van der Waals surface area contributed by atoms with Gasteiger partial charge < -0.3 is 15.7 Å². The molecule has 1 unspecified atom stereocenters. The lowest BCUT2D eigenvalue weighted by molar-refractivity contribution is -0.119. The number of piperidine rings is 3. The molecule has 0 radical (unpaired) electrons. The number of rotatable bonds is 1. The molecule has 2 bridgehead atoms. The van der Waals surface area contributed by atoms with Gasteiger partial charge in [-0.25, -0.2) is 0 Å². The van der Waals surface area contributed by atoms with Gasteiger partial charge in [0.05, 0.1) is 11.1 Å². The molecule has 4 heterocycles. The first-order chi connectivity index (χ1) is 7.64. The van der Waals surface area contributed by atoms with E-state index in [1.807, 2.05) is 11.8 Å². The molecule has 1 atom stereocenters. The minimum atomic E-state index is -0.595. The molecule has 4 heteroatoms. The Bertz CT molecular complexity index is 272. The van der Waals surface area contributed by atoms with E-state index in [0.717, 1.165) is 30.9 Å². The third kappa shape index (κ3) is 1.54. The summed E-state index contributed by atoms with van der Waals surface area (Å²) >= 11 is 1.95. The Hall–Kier alpha value is 0.230. The molecule has 0 amide bonds. The highest BCUT2D eigenvalue weighted by atomic mass is 32.2. The SMILES string of the molecule is NC1(C2(O)CCSCC2)CN2CCC1CC2. The van der Waals surface area contributed by atoms with Gasteiger partial charge in [0.2, 0.25) is 0 Å². The molecule has 4 saturated heterocycles. The Morgan fingerprint density at radius 3 is 2.31 bits per heavy atom. The topological polar surface area (TPSA) is 49.5 Å². The van der Waals surface area contributed by atoms with Gasteiger partial charge in [-0.15, -0.1) is 0 Å². The number of fused-ring (bicyclic) bond motifs is 3. The van der Waals surface area contributed by atoms with Gasteiger partial charge in [-0.05, 0) is 56.2 Å². The molecule has 92 valence electrons. The monoisotopic (exact) mass is 242 g/mol. The molecule has 4 fully saturated rings. The minimum absolute atomic E-state index is 0.329. The van der Waals surface area contributed by atoms with Gasteiger partial charge in [0.15, 0.2) is 0 Å². The second-order valence-electron chi connectivity index (χ2n) is 5.73. The lowest BCUT2D eigenvalue weighted by atomic mass is 9.62. The van der Waals surface area contributed by atoms with E-state index in [2.05, 4.69) is 4.90 Å². The van der Waals surface area contributed by atoms with Crippen molar-refractivity contribution < 1.29 is 5.11 Å². The molecule has 4 rings (SSSR count). The van der Waals surface area contributed by atoms with Crippen LogP contribution in [0.4, 0.5) is 0 Å². The van der Waals surface area contributed by atoms with Crippen molar-refractivity contribution in [1.82, 2.24) is 4.90 Å². The second-order valence-corrected chi connectivity index (χ2v) is 6.96. The smallest absolute Gasteiger partial charge is 0.0857 e. The van der Waals surface area contributed by atoms with Crippen LogP contribution in [0.5, 0.6) is 0 Å². The third-order valence-electron chi connectivity index (χ3n) is 4.99. The molecule has 0 aromatic carbocycles. The number of thioether (sulfide) groups is 1. The molecule has 0 aromatic heterocycles. The van der Waals surface area contributed by atoms with E-state index in [9.17, 15) is 5.11 Å². The average Bonchev–Trinajstić information content (AvgIpc) is 2.31. The fourth-order valence-corrected chi connectivity index (χ4v) is 4.98. The zero-order chi connectivity index (χ0) is 11.2. The van der Waals surface area contributed by atoms with Crippen LogP contribution in [-0.2, 0) is 0 Å². The molecule has 3 N–H and O–H groups in total. The maximum atomic E-state index is 10.9. The highest BCUT2D eigenvalue weighted by Gasteiger charge is 2.56. The van der Waals surface area contributed by atoms with E-state index in [4.69, 9.17) is 5.73 Å². The number of hydrogen-bond acceptors (Lipinski definition) is 4. The summed E-state index contributed by atoms with van der Waals surface area (Å²) in [5.74, 6) is 2.69. The van der Waals surface area contributed by atoms with Crippen LogP contribution in [0.15, 0.2) is 0 Å². The van der Waals surface area contributed by atoms with E-state index in [1.165, 1.54) is 25.9 Å². The van der Waals surface area contributed by atoms with Crippen LogP contribution in [0.25, 0.3) is 0 Å². The number of aliphatic hydroxyl groups is 1. The summed E-state index contributed by atoms with van der Waals surface area (Å²) < 4.78 is 0. The van der Waals surface area contributed by atoms with Crippen LogP contribution < -0.4 is 5.73 Å². The van der Waals surface area contributed by atoms with E-state index in [1.54, 1.807) is 0 Å². The van der Waals surface area contributed by atoms with Crippen molar-refractivity contribution in [2.45, 2.75) is 36.8 Å². The quantitative estimate of drug-likeness (QED) is 0.709. The molecule has 3 nitrogen and oxygen atoms in total. The fraction of sp³-hybridized carbons (Fsp3) is 1.00. The van der Waals surface area contributed by atoms with Crippen LogP contribution in [0, 0.1) is 5.92 Å². The van der Waals surface area contributed by atoms with Crippen LogP contribution in [0.3, 0.4) is 0 Å². The van der Waals surface area contributed by atoms with Gasteiger partial charge in [0.1, 0.15) is 0 Å². The highest BCUT2D eigenvalue weighted by Crippen LogP contribution is 2.45. The second kappa shape index (κ2) is 3.87. The molecule has 0 aromatic rings. The molecule has 0 spiro atoms. The molecular weight excluding hydrogens is 220 g/mol. The summed E-state index contributed by atoms with van der Waals surface area (Å²) in [6.07, 6.45) is 4.15. The zero-order valence-electron chi connectivity index (χ0n) is 9.82. The maximum Gasteiger partial charge on any atom is 0.0857 e.